The highest BCUT2D eigenvalue weighted by molar-refractivity contribution is 7.21. The lowest BCUT2D eigenvalue weighted by Gasteiger charge is -2.13. The van der Waals surface area contributed by atoms with E-state index in [9.17, 15) is 4.79 Å². The van der Waals surface area contributed by atoms with E-state index >= 15 is 0 Å². The smallest absolute Gasteiger partial charge is 0.274 e. The van der Waals surface area contributed by atoms with E-state index in [4.69, 9.17) is 4.84 Å². The van der Waals surface area contributed by atoms with E-state index in [1.165, 1.54) is 28.9 Å². The van der Waals surface area contributed by atoms with Gasteiger partial charge in [0.15, 0.2) is 0 Å². The molecule has 90 valence electrons. The van der Waals surface area contributed by atoms with E-state index in [1.807, 2.05) is 18.2 Å². The maximum Gasteiger partial charge on any atom is 0.287 e. The molecule has 2 aromatic rings. The van der Waals surface area contributed by atoms with Gasteiger partial charge in [-0.1, -0.05) is 25.1 Å². The lowest BCUT2D eigenvalue weighted by Crippen LogP contribution is -2.25. The van der Waals surface area contributed by atoms with E-state index in [0.29, 0.717) is 0 Å². The third-order valence-electron chi connectivity index (χ3n) is 2.81. The summed E-state index contributed by atoms with van der Waals surface area (Å²) in [6, 6.07) is 8.10. The summed E-state index contributed by atoms with van der Waals surface area (Å²) in [6.45, 7) is 2.07. The molecule has 0 unspecified atom stereocenters. The first-order valence-electron chi connectivity index (χ1n) is 5.51. The fourth-order valence-corrected chi connectivity index (χ4v) is 3.11. The van der Waals surface area contributed by atoms with E-state index in [1.54, 1.807) is 7.05 Å². The van der Waals surface area contributed by atoms with E-state index in [0.717, 1.165) is 21.6 Å². The Bertz CT molecular complexity index is 547. The molecule has 0 spiro atoms. The number of carbonyl (C=O) groups excluding carboxylic acids is 1. The summed E-state index contributed by atoms with van der Waals surface area (Å²) in [6.07, 6.45) is 0.850. The zero-order valence-electron chi connectivity index (χ0n) is 10.2. The molecule has 3 nitrogen and oxygen atoms in total. The van der Waals surface area contributed by atoms with Gasteiger partial charge >= 0.3 is 0 Å². The first kappa shape index (κ1) is 12.1. The fourth-order valence-electron chi connectivity index (χ4n) is 1.85. The van der Waals surface area contributed by atoms with Gasteiger partial charge in [-0.05, 0) is 23.4 Å². The molecule has 17 heavy (non-hydrogen) atoms. The maximum atomic E-state index is 12.1. The number of hydrogen-bond acceptors (Lipinski definition) is 3. The topological polar surface area (TPSA) is 29.5 Å². The Balaban J connectivity index is 2.57. The summed E-state index contributed by atoms with van der Waals surface area (Å²) in [5, 5.41) is 2.44. The van der Waals surface area contributed by atoms with Crippen LogP contribution >= 0.6 is 11.3 Å². The van der Waals surface area contributed by atoms with Crippen molar-refractivity contribution in [3.63, 3.8) is 0 Å². The highest BCUT2D eigenvalue weighted by atomic mass is 32.1. The van der Waals surface area contributed by atoms with Crippen LogP contribution in [0.15, 0.2) is 24.3 Å². The van der Waals surface area contributed by atoms with Gasteiger partial charge in [0.05, 0.1) is 12.0 Å². The monoisotopic (exact) mass is 249 g/mol. The van der Waals surface area contributed by atoms with Crippen LogP contribution in [0, 0.1) is 0 Å². The lowest BCUT2D eigenvalue weighted by molar-refractivity contribution is -0.0754. The quantitative estimate of drug-likeness (QED) is 0.782. The number of amides is 1. The Morgan fingerprint density at radius 3 is 2.76 bits per heavy atom. The number of rotatable bonds is 3. The van der Waals surface area contributed by atoms with E-state index < -0.39 is 0 Å². The van der Waals surface area contributed by atoms with E-state index in [2.05, 4.69) is 13.0 Å². The van der Waals surface area contributed by atoms with Crippen molar-refractivity contribution >= 4 is 27.3 Å². The van der Waals surface area contributed by atoms with Crippen molar-refractivity contribution in [2.75, 3.05) is 14.2 Å². The van der Waals surface area contributed by atoms with Crippen molar-refractivity contribution in [3.05, 3.63) is 34.7 Å². The predicted molar refractivity (Wildman–Crippen MR) is 70.3 cm³/mol. The van der Waals surface area contributed by atoms with Crippen LogP contribution in [0.2, 0.25) is 0 Å². The molecule has 0 aliphatic rings. The number of hydrogen-bond donors (Lipinski definition) is 0. The second-order valence-electron chi connectivity index (χ2n) is 3.74. The molecular formula is C13H15NO2S. The van der Waals surface area contributed by atoms with Gasteiger partial charge in [-0.2, -0.15) is 0 Å². The Labute approximate surface area is 105 Å². The fraction of sp³-hybridized carbons (Fsp3) is 0.308. The van der Waals surface area contributed by atoms with Crippen molar-refractivity contribution in [1.82, 2.24) is 5.06 Å². The summed E-state index contributed by atoms with van der Waals surface area (Å²) in [4.78, 5) is 17.9. The van der Waals surface area contributed by atoms with Crippen LogP contribution in [0.25, 0.3) is 10.1 Å². The van der Waals surface area contributed by atoms with Crippen LogP contribution in [-0.4, -0.2) is 25.1 Å². The molecule has 4 heteroatoms. The van der Waals surface area contributed by atoms with Crippen LogP contribution in [0.5, 0.6) is 0 Å². The summed E-state index contributed by atoms with van der Waals surface area (Å²) in [7, 11) is 3.13. The molecular weight excluding hydrogens is 234 g/mol. The molecule has 0 atom stereocenters. The van der Waals surface area contributed by atoms with Crippen molar-refractivity contribution in [3.8, 4) is 0 Å². The number of hydroxylamine groups is 2. The summed E-state index contributed by atoms with van der Waals surface area (Å²) in [5.74, 6) is -0.0782. The van der Waals surface area contributed by atoms with Gasteiger partial charge in [-0.3, -0.25) is 9.63 Å². The number of thiophene rings is 1. The van der Waals surface area contributed by atoms with Crippen molar-refractivity contribution in [1.29, 1.82) is 0 Å². The van der Waals surface area contributed by atoms with Crippen LogP contribution in [-0.2, 0) is 11.3 Å². The van der Waals surface area contributed by atoms with Gasteiger partial charge in [0.25, 0.3) is 5.91 Å². The minimum atomic E-state index is -0.0782. The summed E-state index contributed by atoms with van der Waals surface area (Å²) < 4.78 is 1.15. The minimum Gasteiger partial charge on any atom is -0.274 e. The van der Waals surface area contributed by atoms with Gasteiger partial charge in [-0.15, -0.1) is 11.3 Å². The average molecular weight is 249 g/mol. The zero-order valence-corrected chi connectivity index (χ0v) is 11.0. The molecule has 0 N–H and O–H groups in total. The average Bonchev–Trinajstić information content (AvgIpc) is 2.75. The molecule has 1 aromatic heterocycles. The molecule has 0 saturated heterocycles. The predicted octanol–water partition coefficient (Wildman–Crippen LogP) is 3.10. The maximum absolute atomic E-state index is 12.1. The van der Waals surface area contributed by atoms with Crippen molar-refractivity contribution in [2.24, 2.45) is 0 Å². The third-order valence-corrected chi connectivity index (χ3v) is 4.01. The Hall–Kier alpha value is -1.39. The molecule has 0 radical (unpaired) electrons. The first-order valence-corrected chi connectivity index (χ1v) is 6.33. The molecule has 0 fully saturated rings. The van der Waals surface area contributed by atoms with Crippen LogP contribution in [0.1, 0.15) is 22.2 Å². The van der Waals surface area contributed by atoms with Crippen molar-refractivity contribution in [2.45, 2.75) is 13.3 Å². The second-order valence-corrected chi connectivity index (χ2v) is 4.80. The van der Waals surface area contributed by atoms with Crippen molar-refractivity contribution < 1.29 is 9.63 Å². The molecule has 1 heterocycles. The SMILES string of the molecule is CCc1c(C(=O)N(C)OC)sc2ccccc12. The molecule has 0 bridgehead atoms. The molecule has 0 aliphatic carbocycles. The zero-order chi connectivity index (χ0) is 12.4. The van der Waals surface area contributed by atoms with Crippen LogP contribution < -0.4 is 0 Å². The van der Waals surface area contributed by atoms with Gasteiger partial charge in [0.1, 0.15) is 0 Å². The number of aryl methyl sites for hydroxylation is 1. The second kappa shape index (κ2) is 4.85. The Kier molecular flexibility index (Phi) is 3.45. The van der Waals surface area contributed by atoms with E-state index in [-0.39, 0.29) is 5.91 Å². The summed E-state index contributed by atoms with van der Waals surface area (Å²) >= 11 is 1.53. The van der Waals surface area contributed by atoms with Gasteiger partial charge in [0.2, 0.25) is 0 Å². The van der Waals surface area contributed by atoms with Gasteiger partial charge in [0, 0.05) is 11.7 Å². The molecule has 1 amide bonds. The summed E-state index contributed by atoms with van der Waals surface area (Å²) in [5.41, 5.74) is 1.11. The standard InChI is InChI=1S/C13H15NO2S/c1-4-9-10-7-5-6-8-11(10)17-12(9)13(15)14(2)16-3/h5-8H,4H2,1-3H3. The van der Waals surface area contributed by atoms with Gasteiger partial charge in [-0.25, -0.2) is 5.06 Å². The lowest BCUT2D eigenvalue weighted by atomic mass is 10.1. The largest absolute Gasteiger partial charge is 0.287 e. The number of nitrogens with zero attached hydrogens (tertiary/aromatic N) is 1. The molecule has 1 aromatic carbocycles. The van der Waals surface area contributed by atoms with Crippen LogP contribution in [0.4, 0.5) is 0 Å². The van der Waals surface area contributed by atoms with Crippen LogP contribution in [0.3, 0.4) is 0 Å². The normalized spacial score (nSPS) is 10.8. The third kappa shape index (κ3) is 2.06. The number of benzene rings is 1. The number of carbonyl (C=O) groups is 1. The molecule has 2 rings (SSSR count). The highest BCUT2D eigenvalue weighted by Gasteiger charge is 2.19. The molecule has 0 saturated carbocycles. The van der Waals surface area contributed by atoms with Gasteiger partial charge < -0.3 is 0 Å². The minimum absolute atomic E-state index is 0.0782. The molecule has 0 aliphatic heterocycles. The Morgan fingerprint density at radius 1 is 1.41 bits per heavy atom. The first-order chi connectivity index (χ1) is 8.19. The number of fused-ring (bicyclic) bond motifs is 1. The Morgan fingerprint density at radius 2 is 2.12 bits per heavy atom. The highest BCUT2D eigenvalue weighted by Crippen LogP contribution is 2.32.